The van der Waals surface area contributed by atoms with Crippen LogP contribution < -0.4 is 4.74 Å². The van der Waals surface area contributed by atoms with Gasteiger partial charge in [-0.05, 0) is 36.6 Å². The van der Waals surface area contributed by atoms with Gasteiger partial charge in [-0.1, -0.05) is 42.5 Å². The Morgan fingerprint density at radius 1 is 1.04 bits per heavy atom. The van der Waals surface area contributed by atoms with Gasteiger partial charge in [-0.3, -0.25) is 9.59 Å². The SMILES string of the molecule is Cc1ccc(C(=O)c2cc3c(n2Cc2ccccc2)CC(=O)O3)cc1C. The highest BCUT2D eigenvalue weighted by atomic mass is 16.5. The summed E-state index contributed by atoms with van der Waals surface area (Å²) in [6.07, 6.45) is 0.197. The lowest BCUT2D eigenvalue weighted by Gasteiger charge is -2.12. The molecule has 0 unspecified atom stereocenters. The highest BCUT2D eigenvalue weighted by molar-refractivity contribution is 6.09. The van der Waals surface area contributed by atoms with Crippen molar-refractivity contribution in [3.8, 4) is 5.75 Å². The summed E-state index contributed by atoms with van der Waals surface area (Å²) in [5.74, 6) is 0.162. The smallest absolute Gasteiger partial charge is 0.317 e. The van der Waals surface area contributed by atoms with E-state index in [1.807, 2.05) is 66.9 Å². The Labute approximate surface area is 152 Å². The molecular weight excluding hydrogens is 326 g/mol. The molecule has 0 bridgehead atoms. The van der Waals surface area contributed by atoms with E-state index in [1.54, 1.807) is 6.07 Å². The lowest BCUT2D eigenvalue weighted by atomic mass is 10.0. The third kappa shape index (κ3) is 2.84. The molecule has 2 aromatic carbocycles. The molecule has 1 aliphatic heterocycles. The van der Waals surface area contributed by atoms with Crippen LogP contribution in [0.4, 0.5) is 0 Å². The molecule has 4 rings (SSSR count). The monoisotopic (exact) mass is 345 g/mol. The average molecular weight is 345 g/mol. The van der Waals surface area contributed by atoms with Crippen LogP contribution in [0.25, 0.3) is 0 Å². The Hall–Kier alpha value is -3.14. The number of ether oxygens (including phenoxy) is 1. The molecule has 0 spiro atoms. The Morgan fingerprint density at radius 2 is 1.81 bits per heavy atom. The van der Waals surface area contributed by atoms with E-state index in [-0.39, 0.29) is 18.2 Å². The van der Waals surface area contributed by atoms with E-state index in [4.69, 9.17) is 4.74 Å². The van der Waals surface area contributed by atoms with E-state index < -0.39 is 0 Å². The molecule has 0 atom stereocenters. The molecule has 0 fully saturated rings. The molecule has 0 N–H and O–H groups in total. The van der Waals surface area contributed by atoms with Crippen molar-refractivity contribution in [2.24, 2.45) is 0 Å². The predicted octanol–water partition coefficient (Wildman–Crippen LogP) is 3.85. The minimum Gasteiger partial charge on any atom is -0.424 e. The first-order valence-electron chi connectivity index (χ1n) is 8.62. The quantitative estimate of drug-likeness (QED) is 0.533. The van der Waals surface area contributed by atoms with E-state index >= 15 is 0 Å². The van der Waals surface area contributed by atoms with E-state index in [0.717, 1.165) is 22.4 Å². The minimum absolute atomic E-state index is 0.0607. The standard InChI is InChI=1S/C22H19NO3/c1-14-8-9-17(10-15(14)2)22(25)19-11-20-18(12-21(24)26-20)23(19)13-16-6-4-3-5-7-16/h3-11H,12-13H2,1-2H3. The zero-order chi connectivity index (χ0) is 18.3. The maximum atomic E-state index is 13.1. The van der Waals surface area contributed by atoms with Crippen molar-refractivity contribution in [2.75, 3.05) is 0 Å². The number of rotatable bonds is 4. The van der Waals surface area contributed by atoms with Crippen LogP contribution in [0.1, 0.15) is 38.4 Å². The van der Waals surface area contributed by atoms with Crippen LogP contribution in [0.15, 0.2) is 54.6 Å². The molecule has 1 aliphatic rings. The highest BCUT2D eigenvalue weighted by Gasteiger charge is 2.29. The van der Waals surface area contributed by atoms with Crippen LogP contribution in [-0.4, -0.2) is 16.3 Å². The molecule has 4 heteroatoms. The van der Waals surface area contributed by atoms with E-state index in [1.165, 1.54) is 0 Å². The number of hydrogen-bond donors (Lipinski definition) is 0. The zero-order valence-corrected chi connectivity index (χ0v) is 14.8. The summed E-state index contributed by atoms with van der Waals surface area (Å²) in [7, 11) is 0. The van der Waals surface area contributed by atoms with Gasteiger partial charge in [0.15, 0.2) is 5.75 Å². The van der Waals surface area contributed by atoms with Crippen molar-refractivity contribution in [2.45, 2.75) is 26.8 Å². The van der Waals surface area contributed by atoms with Crippen molar-refractivity contribution in [1.82, 2.24) is 4.57 Å². The zero-order valence-electron chi connectivity index (χ0n) is 14.8. The molecular formula is C22H19NO3. The number of aryl methyl sites for hydroxylation is 2. The van der Waals surface area contributed by atoms with Crippen molar-refractivity contribution in [3.63, 3.8) is 0 Å². The van der Waals surface area contributed by atoms with Crippen LogP contribution in [0.3, 0.4) is 0 Å². The molecule has 130 valence electrons. The van der Waals surface area contributed by atoms with Crippen molar-refractivity contribution in [3.05, 3.63) is 88.2 Å². The van der Waals surface area contributed by atoms with Gasteiger partial charge in [-0.15, -0.1) is 0 Å². The normalized spacial score (nSPS) is 12.8. The van der Waals surface area contributed by atoms with Gasteiger partial charge in [0, 0.05) is 18.2 Å². The molecule has 2 heterocycles. The molecule has 1 aromatic heterocycles. The van der Waals surface area contributed by atoms with Crippen LogP contribution in [-0.2, 0) is 17.8 Å². The maximum Gasteiger partial charge on any atom is 0.317 e. The lowest BCUT2D eigenvalue weighted by molar-refractivity contribution is -0.131. The summed E-state index contributed by atoms with van der Waals surface area (Å²) in [6.45, 7) is 4.55. The average Bonchev–Trinajstić information content (AvgIpc) is 3.15. The minimum atomic E-state index is -0.276. The first-order valence-corrected chi connectivity index (χ1v) is 8.62. The number of fused-ring (bicyclic) bond motifs is 1. The van der Waals surface area contributed by atoms with Gasteiger partial charge < -0.3 is 9.30 Å². The largest absolute Gasteiger partial charge is 0.424 e. The maximum absolute atomic E-state index is 13.1. The Kier molecular flexibility index (Phi) is 3.96. The molecule has 4 nitrogen and oxygen atoms in total. The van der Waals surface area contributed by atoms with Crippen molar-refractivity contribution >= 4 is 11.8 Å². The second kappa shape index (κ2) is 6.30. The Morgan fingerprint density at radius 3 is 2.54 bits per heavy atom. The lowest BCUT2D eigenvalue weighted by Crippen LogP contribution is -2.15. The van der Waals surface area contributed by atoms with E-state index in [2.05, 4.69) is 0 Å². The molecule has 0 radical (unpaired) electrons. The number of hydrogen-bond acceptors (Lipinski definition) is 3. The number of nitrogens with zero attached hydrogens (tertiary/aromatic N) is 1. The van der Waals surface area contributed by atoms with Gasteiger partial charge in [-0.2, -0.15) is 0 Å². The third-order valence-electron chi connectivity index (χ3n) is 4.89. The topological polar surface area (TPSA) is 48.3 Å². The number of ketones is 1. The van der Waals surface area contributed by atoms with Gasteiger partial charge in [0.05, 0.1) is 17.8 Å². The van der Waals surface area contributed by atoms with E-state index in [0.29, 0.717) is 23.6 Å². The fourth-order valence-electron chi connectivity index (χ4n) is 3.30. The van der Waals surface area contributed by atoms with Gasteiger partial charge in [0.2, 0.25) is 5.78 Å². The van der Waals surface area contributed by atoms with Crippen LogP contribution in [0.2, 0.25) is 0 Å². The first-order chi connectivity index (χ1) is 12.5. The van der Waals surface area contributed by atoms with Crippen molar-refractivity contribution < 1.29 is 14.3 Å². The Balaban J connectivity index is 1.78. The molecule has 26 heavy (non-hydrogen) atoms. The van der Waals surface area contributed by atoms with Crippen LogP contribution in [0, 0.1) is 13.8 Å². The summed E-state index contributed by atoms with van der Waals surface area (Å²) >= 11 is 0. The Bertz CT molecular complexity index is 1020. The molecule has 3 aromatic rings. The second-order valence-electron chi connectivity index (χ2n) is 6.69. The number of esters is 1. The van der Waals surface area contributed by atoms with E-state index in [9.17, 15) is 9.59 Å². The number of benzene rings is 2. The molecule has 0 saturated heterocycles. The second-order valence-corrected chi connectivity index (χ2v) is 6.69. The molecule has 0 amide bonds. The number of aromatic nitrogens is 1. The van der Waals surface area contributed by atoms with Crippen LogP contribution in [0.5, 0.6) is 5.75 Å². The summed E-state index contributed by atoms with van der Waals surface area (Å²) < 4.78 is 7.19. The summed E-state index contributed by atoms with van der Waals surface area (Å²) in [6, 6.07) is 17.3. The number of carbonyl (C=O) groups excluding carboxylic acids is 2. The highest BCUT2D eigenvalue weighted by Crippen LogP contribution is 2.32. The molecule has 0 saturated carbocycles. The van der Waals surface area contributed by atoms with Crippen LogP contribution >= 0.6 is 0 Å². The van der Waals surface area contributed by atoms with Gasteiger partial charge >= 0.3 is 5.97 Å². The van der Waals surface area contributed by atoms with Gasteiger partial charge in [0.1, 0.15) is 0 Å². The summed E-state index contributed by atoms with van der Waals surface area (Å²) in [4.78, 5) is 24.8. The summed E-state index contributed by atoms with van der Waals surface area (Å²) in [5, 5.41) is 0. The summed E-state index contributed by atoms with van der Waals surface area (Å²) in [5.41, 5.74) is 5.26. The molecule has 0 aliphatic carbocycles. The third-order valence-corrected chi connectivity index (χ3v) is 4.89. The number of carbonyl (C=O) groups is 2. The van der Waals surface area contributed by atoms with Gasteiger partial charge in [-0.25, -0.2) is 0 Å². The predicted molar refractivity (Wildman–Crippen MR) is 98.7 cm³/mol. The van der Waals surface area contributed by atoms with Crippen molar-refractivity contribution in [1.29, 1.82) is 0 Å². The first kappa shape index (κ1) is 16.3. The fourth-order valence-corrected chi connectivity index (χ4v) is 3.30. The fraction of sp³-hybridized carbons (Fsp3) is 0.182. The van der Waals surface area contributed by atoms with Gasteiger partial charge in [0.25, 0.3) is 0 Å².